The Balaban J connectivity index is 1.77. The highest BCUT2D eigenvalue weighted by atomic mass is 16.2. The average molecular weight is 301 g/mol. The Bertz CT molecular complexity index is 956. The SMILES string of the molecule is O=C(c1ccc2ccccc2c1)N1C(=O)c2ccccc2C1=O. The molecule has 0 saturated carbocycles. The first kappa shape index (κ1) is 13.4. The van der Waals surface area contributed by atoms with Gasteiger partial charge in [0.25, 0.3) is 17.7 Å². The fourth-order valence-corrected chi connectivity index (χ4v) is 2.83. The highest BCUT2D eigenvalue weighted by molar-refractivity contribution is 6.31. The van der Waals surface area contributed by atoms with Crippen molar-refractivity contribution in [2.45, 2.75) is 0 Å². The van der Waals surface area contributed by atoms with Gasteiger partial charge in [0.1, 0.15) is 0 Å². The normalized spacial score (nSPS) is 13.5. The molecule has 0 N–H and O–H groups in total. The topological polar surface area (TPSA) is 54.5 Å². The van der Waals surface area contributed by atoms with E-state index in [1.165, 1.54) is 0 Å². The fraction of sp³-hybridized carbons (Fsp3) is 0. The van der Waals surface area contributed by atoms with E-state index in [4.69, 9.17) is 0 Å². The Morgan fingerprint density at radius 1 is 0.696 bits per heavy atom. The van der Waals surface area contributed by atoms with E-state index >= 15 is 0 Å². The molecule has 0 aromatic heterocycles. The zero-order valence-electron chi connectivity index (χ0n) is 12.0. The third-order valence-electron chi connectivity index (χ3n) is 3.99. The molecule has 4 heteroatoms. The largest absolute Gasteiger partial charge is 0.268 e. The number of hydrogen-bond acceptors (Lipinski definition) is 3. The number of hydrogen-bond donors (Lipinski definition) is 0. The molecule has 4 nitrogen and oxygen atoms in total. The maximum atomic E-state index is 12.7. The molecule has 3 aromatic rings. The van der Waals surface area contributed by atoms with Crippen LogP contribution in [0.25, 0.3) is 10.8 Å². The van der Waals surface area contributed by atoms with Crippen molar-refractivity contribution in [1.82, 2.24) is 4.90 Å². The van der Waals surface area contributed by atoms with Crippen molar-refractivity contribution in [3.05, 3.63) is 83.4 Å². The van der Waals surface area contributed by atoms with Gasteiger partial charge in [-0.2, -0.15) is 0 Å². The van der Waals surface area contributed by atoms with Crippen LogP contribution in [0.1, 0.15) is 31.1 Å². The molecular weight excluding hydrogens is 290 g/mol. The van der Waals surface area contributed by atoms with Crippen molar-refractivity contribution in [2.75, 3.05) is 0 Å². The van der Waals surface area contributed by atoms with E-state index in [1.54, 1.807) is 42.5 Å². The van der Waals surface area contributed by atoms with E-state index in [-0.39, 0.29) is 11.1 Å². The second-order valence-electron chi connectivity index (χ2n) is 5.36. The lowest BCUT2D eigenvalue weighted by molar-refractivity contribution is 0.0566. The average Bonchev–Trinajstić information content (AvgIpc) is 2.85. The second-order valence-corrected chi connectivity index (χ2v) is 5.36. The van der Waals surface area contributed by atoms with Gasteiger partial charge in [-0.1, -0.05) is 42.5 Å². The molecule has 4 rings (SSSR count). The molecule has 0 atom stereocenters. The van der Waals surface area contributed by atoms with E-state index in [9.17, 15) is 14.4 Å². The van der Waals surface area contributed by atoms with Gasteiger partial charge in [0, 0.05) is 5.56 Å². The van der Waals surface area contributed by atoms with Crippen LogP contribution in [0.4, 0.5) is 0 Å². The molecule has 0 saturated heterocycles. The molecule has 0 bridgehead atoms. The van der Waals surface area contributed by atoms with Crippen molar-refractivity contribution in [1.29, 1.82) is 0 Å². The predicted octanol–water partition coefficient (Wildman–Crippen LogP) is 3.28. The summed E-state index contributed by atoms with van der Waals surface area (Å²) in [6, 6.07) is 19.2. The summed E-state index contributed by atoms with van der Waals surface area (Å²) in [7, 11) is 0. The summed E-state index contributed by atoms with van der Waals surface area (Å²) in [6.45, 7) is 0. The highest BCUT2D eigenvalue weighted by Crippen LogP contribution is 2.25. The molecule has 0 spiro atoms. The van der Waals surface area contributed by atoms with Crippen LogP contribution in [0, 0.1) is 0 Å². The van der Waals surface area contributed by atoms with Crippen LogP contribution in [0.3, 0.4) is 0 Å². The smallest absolute Gasteiger partial charge is 0.268 e. The summed E-state index contributed by atoms with van der Waals surface area (Å²) in [6.07, 6.45) is 0. The van der Waals surface area contributed by atoms with Crippen LogP contribution < -0.4 is 0 Å². The van der Waals surface area contributed by atoms with Gasteiger partial charge in [0.2, 0.25) is 0 Å². The molecule has 110 valence electrons. The summed E-state index contributed by atoms with van der Waals surface area (Å²) < 4.78 is 0. The third-order valence-corrected chi connectivity index (χ3v) is 3.99. The number of benzene rings is 3. The number of nitrogens with zero attached hydrogens (tertiary/aromatic N) is 1. The van der Waals surface area contributed by atoms with E-state index in [1.807, 2.05) is 24.3 Å². The van der Waals surface area contributed by atoms with Crippen molar-refractivity contribution < 1.29 is 14.4 Å². The quantitative estimate of drug-likeness (QED) is 0.648. The van der Waals surface area contributed by atoms with Gasteiger partial charge in [-0.3, -0.25) is 14.4 Å². The molecule has 1 aliphatic rings. The number of rotatable bonds is 1. The first-order chi connectivity index (χ1) is 11.2. The van der Waals surface area contributed by atoms with Gasteiger partial charge in [-0.25, -0.2) is 4.90 Å². The van der Waals surface area contributed by atoms with Gasteiger partial charge in [0.15, 0.2) is 0 Å². The summed E-state index contributed by atoms with van der Waals surface area (Å²) in [5.74, 6) is -1.73. The summed E-state index contributed by atoms with van der Waals surface area (Å²) >= 11 is 0. The van der Waals surface area contributed by atoms with Gasteiger partial charge in [0.05, 0.1) is 11.1 Å². The van der Waals surface area contributed by atoms with E-state index in [2.05, 4.69) is 0 Å². The van der Waals surface area contributed by atoms with Crippen molar-refractivity contribution in [2.24, 2.45) is 0 Å². The Morgan fingerprint density at radius 2 is 1.26 bits per heavy atom. The lowest BCUT2D eigenvalue weighted by Crippen LogP contribution is -2.36. The summed E-state index contributed by atoms with van der Waals surface area (Å²) in [5, 5.41) is 1.88. The van der Waals surface area contributed by atoms with Gasteiger partial charge in [-0.05, 0) is 35.0 Å². The van der Waals surface area contributed by atoms with E-state index < -0.39 is 17.7 Å². The van der Waals surface area contributed by atoms with Crippen LogP contribution in [-0.2, 0) is 0 Å². The van der Waals surface area contributed by atoms with Gasteiger partial charge >= 0.3 is 0 Å². The van der Waals surface area contributed by atoms with Crippen LogP contribution in [-0.4, -0.2) is 22.6 Å². The Hall–Kier alpha value is -3.27. The number of carbonyl (C=O) groups excluding carboxylic acids is 3. The molecular formula is C19H11NO3. The fourth-order valence-electron chi connectivity index (χ4n) is 2.83. The number of fused-ring (bicyclic) bond motifs is 2. The first-order valence-electron chi connectivity index (χ1n) is 7.18. The van der Waals surface area contributed by atoms with E-state index in [0.29, 0.717) is 5.56 Å². The molecule has 3 amide bonds. The molecule has 1 heterocycles. The van der Waals surface area contributed by atoms with E-state index in [0.717, 1.165) is 15.7 Å². The zero-order valence-corrected chi connectivity index (χ0v) is 12.0. The molecule has 0 radical (unpaired) electrons. The minimum absolute atomic E-state index is 0.270. The van der Waals surface area contributed by atoms with Crippen LogP contribution in [0.2, 0.25) is 0 Å². The Morgan fingerprint density at radius 3 is 1.91 bits per heavy atom. The highest BCUT2D eigenvalue weighted by Gasteiger charge is 2.39. The predicted molar refractivity (Wildman–Crippen MR) is 85.2 cm³/mol. The van der Waals surface area contributed by atoms with Crippen molar-refractivity contribution in [3.63, 3.8) is 0 Å². The lowest BCUT2D eigenvalue weighted by Gasteiger charge is -2.12. The molecule has 3 aromatic carbocycles. The van der Waals surface area contributed by atoms with Crippen molar-refractivity contribution in [3.8, 4) is 0 Å². The maximum absolute atomic E-state index is 12.7. The molecule has 1 aliphatic heterocycles. The maximum Gasteiger partial charge on any atom is 0.268 e. The molecule has 23 heavy (non-hydrogen) atoms. The standard InChI is InChI=1S/C19H11NO3/c21-17(14-10-9-12-5-1-2-6-13(12)11-14)20-18(22)15-7-3-4-8-16(15)19(20)23/h1-11H. The first-order valence-corrected chi connectivity index (χ1v) is 7.18. The number of amides is 3. The Labute approximate surface area is 132 Å². The molecule has 0 unspecified atom stereocenters. The number of carbonyl (C=O) groups is 3. The monoisotopic (exact) mass is 301 g/mol. The van der Waals surface area contributed by atoms with Crippen LogP contribution in [0.15, 0.2) is 66.7 Å². The van der Waals surface area contributed by atoms with Gasteiger partial charge in [-0.15, -0.1) is 0 Å². The van der Waals surface area contributed by atoms with Crippen LogP contribution >= 0.6 is 0 Å². The summed E-state index contributed by atoms with van der Waals surface area (Å²) in [5.41, 5.74) is 0.858. The zero-order chi connectivity index (χ0) is 16.0. The van der Waals surface area contributed by atoms with Crippen molar-refractivity contribution >= 4 is 28.5 Å². The number of imide groups is 3. The van der Waals surface area contributed by atoms with Crippen LogP contribution in [0.5, 0.6) is 0 Å². The minimum atomic E-state index is -0.595. The Kier molecular flexibility index (Phi) is 2.84. The third kappa shape index (κ3) is 1.96. The molecule has 0 aliphatic carbocycles. The lowest BCUT2D eigenvalue weighted by atomic mass is 10.1. The second kappa shape index (κ2) is 4.88. The van der Waals surface area contributed by atoms with Gasteiger partial charge < -0.3 is 0 Å². The minimum Gasteiger partial charge on any atom is -0.268 e. The molecule has 0 fully saturated rings. The summed E-state index contributed by atoms with van der Waals surface area (Å²) in [4.78, 5) is 38.1.